The van der Waals surface area contributed by atoms with Crippen LogP contribution < -0.4 is 5.73 Å². The first-order chi connectivity index (χ1) is 10.2. The number of hydrogen-bond acceptors (Lipinski definition) is 4. The number of likely N-dealkylation sites (tertiary alicyclic amines) is 1. The fraction of sp³-hybridized carbons (Fsp3) is 0.588. The quantitative estimate of drug-likeness (QED) is 0.844. The van der Waals surface area contributed by atoms with Crippen LogP contribution in [0.5, 0.6) is 0 Å². The van der Waals surface area contributed by atoms with Crippen LogP contribution in [0.15, 0.2) is 24.3 Å². The highest BCUT2D eigenvalue weighted by molar-refractivity contribution is 5.72. The average Bonchev–Trinajstić information content (AvgIpc) is 2.50. The fourth-order valence-electron chi connectivity index (χ4n) is 3.19. The number of carbonyl (C=O) groups is 1. The van der Waals surface area contributed by atoms with E-state index in [1.807, 2.05) is 18.2 Å². The Morgan fingerprint density at radius 2 is 2.05 bits per heavy atom. The minimum absolute atomic E-state index is 0.190. The lowest BCUT2D eigenvalue weighted by molar-refractivity contribution is -0.139. The zero-order chi connectivity index (χ0) is 15.2. The largest absolute Gasteiger partial charge is 0.469 e. The molecule has 1 fully saturated rings. The minimum Gasteiger partial charge on any atom is -0.469 e. The van der Waals surface area contributed by atoms with Gasteiger partial charge < -0.3 is 10.5 Å². The zero-order valence-corrected chi connectivity index (χ0v) is 13.0. The highest BCUT2D eigenvalue weighted by Gasteiger charge is 2.27. The maximum Gasteiger partial charge on any atom is 0.309 e. The first kappa shape index (κ1) is 16.0. The van der Waals surface area contributed by atoms with Crippen molar-refractivity contribution < 1.29 is 9.53 Å². The molecule has 116 valence electrons. The second-order valence-electron chi connectivity index (χ2n) is 5.86. The maximum absolute atomic E-state index is 11.6. The summed E-state index contributed by atoms with van der Waals surface area (Å²) in [4.78, 5) is 14.0. The van der Waals surface area contributed by atoms with Crippen molar-refractivity contribution in [3.05, 3.63) is 35.4 Å². The van der Waals surface area contributed by atoms with E-state index in [0.717, 1.165) is 12.1 Å². The van der Waals surface area contributed by atoms with Crippen molar-refractivity contribution in [2.24, 2.45) is 5.73 Å². The molecular weight excluding hydrogens is 264 g/mol. The molecule has 0 saturated carbocycles. The van der Waals surface area contributed by atoms with Gasteiger partial charge in [-0.1, -0.05) is 30.7 Å². The molecule has 1 aromatic carbocycles. The standard InChI is InChI=1S/C17H26N2O2/c1-13-6-5-9-16(11-18)19(13)12-15-8-4-3-7-14(15)10-17(20)21-2/h3-4,7-8,13,16H,5-6,9-12,18H2,1-2H3. The van der Waals surface area contributed by atoms with Crippen LogP contribution in [0.25, 0.3) is 0 Å². The van der Waals surface area contributed by atoms with Gasteiger partial charge in [0.1, 0.15) is 0 Å². The predicted molar refractivity (Wildman–Crippen MR) is 83.9 cm³/mol. The summed E-state index contributed by atoms with van der Waals surface area (Å²) in [6, 6.07) is 9.11. The second-order valence-corrected chi connectivity index (χ2v) is 5.86. The number of benzene rings is 1. The van der Waals surface area contributed by atoms with Gasteiger partial charge in [0.15, 0.2) is 0 Å². The third-order valence-corrected chi connectivity index (χ3v) is 4.50. The van der Waals surface area contributed by atoms with Gasteiger partial charge in [0.2, 0.25) is 0 Å². The molecule has 2 atom stereocenters. The van der Waals surface area contributed by atoms with Gasteiger partial charge in [-0.15, -0.1) is 0 Å². The molecule has 1 saturated heterocycles. The number of nitrogens with zero attached hydrogens (tertiary/aromatic N) is 1. The van der Waals surface area contributed by atoms with E-state index in [1.165, 1.54) is 31.9 Å². The molecule has 2 unspecified atom stereocenters. The maximum atomic E-state index is 11.6. The van der Waals surface area contributed by atoms with Crippen molar-refractivity contribution in [3.63, 3.8) is 0 Å². The van der Waals surface area contributed by atoms with E-state index in [0.29, 0.717) is 25.0 Å². The Balaban J connectivity index is 2.15. The van der Waals surface area contributed by atoms with Crippen LogP contribution in [0.3, 0.4) is 0 Å². The van der Waals surface area contributed by atoms with Gasteiger partial charge in [-0.25, -0.2) is 0 Å². The van der Waals surface area contributed by atoms with E-state index in [9.17, 15) is 4.79 Å². The monoisotopic (exact) mass is 290 g/mol. The Kier molecular flexibility index (Phi) is 5.76. The number of nitrogens with two attached hydrogens (primary N) is 1. The Morgan fingerprint density at radius 1 is 1.33 bits per heavy atom. The van der Waals surface area contributed by atoms with E-state index in [2.05, 4.69) is 17.9 Å². The molecule has 4 nitrogen and oxygen atoms in total. The first-order valence-corrected chi connectivity index (χ1v) is 7.75. The topological polar surface area (TPSA) is 55.6 Å². The van der Waals surface area contributed by atoms with Crippen molar-refractivity contribution in [1.29, 1.82) is 0 Å². The molecule has 2 rings (SSSR count). The summed E-state index contributed by atoms with van der Waals surface area (Å²) in [5.74, 6) is -0.190. The van der Waals surface area contributed by atoms with Crippen molar-refractivity contribution >= 4 is 5.97 Å². The molecule has 0 spiro atoms. The SMILES string of the molecule is COC(=O)Cc1ccccc1CN1C(C)CCCC1CN. The molecular formula is C17H26N2O2. The normalized spacial score (nSPS) is 23.0. The summed E-state index contributed by atoms with van der Waals surface area (Å²) >= 11 is 0. The predicted octanol–water partition coefficient (Wildman–Crippen LogP) is 2.10. The van der Waals surface area contributed by atoms with Crippen molar-refractivity contribution in [2.75, 3.05) is 13.7 Å². The molecule has 1 aromatic rings. The van der Waals surface area contributed by atoms with E-state index >= 15 is 0 Å². The van der Waals surface area contributed by atoms with Crippen LogP contribution >= 0.6 is 0 Å². The van der Waals surface area contributed by atoms with Crippen LogP contribution in [0.1, 0.15) is 37.3 Å². The number of methoxy groups -OCH3 is 1. The summed E-state index contributed by atoms with van der Waals surface area (Å²) in [7, 11) is 1.43. The molecule has 0 amide bonds. The Bertz CT molecular complexity index is 476. The Morgan fingerprint density at radius 3 is 2.71 bits per heavy atom. The van der Waals surface area contributed by atoms with Crippen LogP contribution in [0.4, 0.5) is 0 Å². The Hall–Kier alpha value is -1.39. The highest BCUT2D eigenvalue weighted by Crippen LogP contribution is 2.25. The summed E-state index contributed by atoms with van der Waals surface area (Å²) in [5, 5.41) is 0. The van der Waals surface area contributed by atoms with E-state index in [1.54, 1.807) is 0 Å². The average molecular weight is 290 g/mol. The van der Waals surface area contributed by atoms with E-state index in [-0.39, 0.29) is 5.97 Å². The van der Waals surface area contributed by atoms with Crippen LogP contribution in [0, 0.1) is 0 Å². The molecule has 2 N–H and O–H groups in total. The number of hydrogen-bond donors (Lipinski definition) is 1. The minimum atomic E-state index is -0.190. The van der Waals surface area contributed by atoms with Gasteiger partial charge in [0, 0.05) is 25.2 Å². The number of esters is 1. The third kappa shape index (κ3) is 4.05. The van der Waals surface area contributed by atoms with Gasteiger partial charge in [0.05, 0.1) is 13.5 Å². The molecule has 0 radical (unpaired) electrons. The van der Waals surface area contributed by atoms with Gasteiger partial charge >= 0.3 is 5.97 Å². The molecule has 1 aliphatic rings. The molecule has 0 aliphatic carbocycles. The second kappa shape index (κ2) is 7.57. The number of ether oxygens (including phenoxy) is 1. The lowest BCUT2D eigenvalue weighted by Gasteiger charge is -2.40. The molecule has 4 heteroatoms. The fourth-order valence-corrected chi connectivity index (χ4v) is 3.19. The number of rotatable bonds is 5. The molecule has 21 heavy (non-hydrogen) atoms. The van der Waals surface area contributed by atoms with Gasteiger partial charge in [-0.3, -0.25) is 9.69 Å². The van der Waals surface area contributed by atoms with Crippen LogP contribution in [-0.4, -0.2) is 36.6 Å². The molecule has 1 heterocycles. The summed E-state index contributed by atoms with van der Waals surface area (Å²) < 4.78 is 4.79. The van der Waals surface area contributed by atoms with Gasteiger partial charge in [-0.2, -0.15) is 0 Å². The molecule has 0 bridgehead atoms. The summed E-state index contributed by atoms with van der Waals surface area (Å²) in [6.07, 6.45) is 3.97. The van der Waals surface area contributed by atoms with E-state index < -0.39 is 0 Å². The Labute approximate surface area is 127 Å². The van der Waals surface area contributed by atoms with Crippen molar-refractivity contribution in [1.82, 2.24) is 4.90 Å². The zero-order valence-electron chi connectivity index (χ0n) is 13.0. The van der Waals surface area contributed by atoms with Gasteiger partial charge in [-0.05, 0) is 30.9 Å². The summed E-state index contributed by atoms with van der Waals surface area (Å²) in [6.45, 7) is 3.82. The lowest BCUT2D eigenvalue weighted by atomic mass is 9.94. The van der Waals surface area contributed by atoms with Crippen LogP contribution in [0.2, 0.25) is 0 Å². The van der Waals surface area contributed by atoms with Gasteiger partial charge in [0.25, 0.3) is 0 Å². The molecule has 1 aliphatic heterocycles. The third-order valence-electron chi connectivity index (χ3n) is 4.50. The number of piperidine rings is 1. The lowest BCUT2D eigenvalue weighted by Crippen LogP contribution is -2.48. The molecule has 0 aromatic heterocycles. The van der Waals surface area contributed by atoms with Crippen molar-refractivity contribution in [2.45, 2.75) is 51.2 Å². The first-order valence-electron chi connectivity index (χ1n) is 7.75. The smallest absolute Gasteiger partial charge is 0.309 e. The van der Waals surface area contributed by atoms with Crippen LogP contribution in [-0.2, 0) is 22.5 Å². The van der Waals surface area contributed by atoms with E-state index in [4.69, 9.17) is 10.5 Å². The van der Waals surface area contributed by atoms with Crippen molar-refractivity contribution in [3.8, 4) is 0 Å². The summed E-state index contributed by atoms with van der Waals surface area (Å²) in [5.41, 5.74) is 8.19. The highest BCUT2D eigenvalue weighted by atomic mass is 16.5. The number of carbonyl (C=O) groups excluding carboxylic acids is 1.